The van der Waals surface area contributed by atoms with Gasteiger partial charge < -0.3 is 14.3 Å². The molecule has 0 radical (unpaired) electrons. The average Bonchev–Trinajstić information content (AvgIpc) is 2.89. The van der Waals surface area contributed by atoms with Gasteiger partial charge in [0.2, 0.25) is 0 Å². The topological polar surface area (TPSA) is 59.7 Å². The van der Waals surface area contributed by atoms with Gasteiger partial charge in [-0.2, -0.15) is 0 Å². The maximum absolute atomic E-state index is 10.9. The summed E-state index contributed by atoms with van der Waals surface area (Å²) >= 11 is 0. The first-order chi connectivity index (χ1) is 9.17. The van der Waals surface area contributed by atoms with Crippen LogP contribution in [0.4, 0.5) is 0 Å². The fourth-order valence-corrected chi connectivity index (χ4v) is 1.20. The normalized spacial score (nSPS) is 12.4. The van der Waals surface area contributed by atoms with Crippen molar-refractivity contribution in [2.45, 2.75) is 19.4 Å². The zero-order valence-electron chi connectivity index (χ0n) is 10.9. The van der Waals surface area contributed by atoms with Gasteiger partial charge in [0.1, 0.15) is 11.5 Å². The van der Waals surface area contributed by atoms with Crippen LogP contribution in [0.25, 0.3) is 6.08 Å². The third-order valence-corrected chi connectivity index (χ3v) is 2.16. The van der Waals surface area contributed by atoms with Gasteiger partial charge in [0.25, 0.3) is 0 Å². The van der Waals surface area contributed by atoms with E-state index in [-0.39, 0.29) is 0 Å². The third kappa shape index (κ3) is 5.28. The molecule has 1 N–H and O–H groups in total. The Morgan fingerprint density at radius 3 is 3.05 bits per heavy atom. The van der Waals surface area contributed by atoms with Crippen LogP contribution in [0.2, 0.25) is 0 Å². The first-order valence-electron chi connectivity index (χ1n) is 5.87. The molecule has 0 saturated heterocycles. The van der Waals surface area contributed by atoms with Gasteiger partial charge in [-0.3, -0.25) is 0 Å². The lowest BCUT2D eigenvalue weighted by Crippen LogP contribution is -1.93. The molecular weight excluding hydrogens is 244 g/mol. The van der Waals surface area contributed by atoms with Crippen molar-refractivity contribution < 1.29 is 19.1 Å². The van der Waals surface area contributed by atoms with Gasteiger partial charge in [-0.15, -0.1) is 0 Å². The molecule has 1 aromatic heterocycles. The lowest BCUT2D eigenvalue weighted by atomic mass is 10.2. The standard InChI is InChI=1S/C15H16O4/c1-3-4-5-6-7-13(16)14-10-8-12(19-14)9-11-15(17)18-2/h4-5,8-11,13,16H,3H2,1-2H3. The number of hydrogen-bond donors (Lipinski definition) is 1. The van der Waals surface area contributed by atoms with E-state index in [9.17, 15) is 9.90 Å². The number of aliphatic hydroxyl groups is 1. The monoisotopic (exact) mass is 260 g/mol. The van der Waals surface area contributed by atoms with Crippen LogP contribution in [-0.2, 0) is 9.53 Å². The number of esters is 1. The summed E-state index contributed by atoms with van der Waals surface area (Å²) in [5, 5.41) is 9.74. The summed E-state index contributed by atoms with van der Waals surface area (Å²) in [6.45, 7) is 2.00. The number of carbonyl (C=O) groups excluding carboxylic acids is 1. The Bertz CT molecular complexity index is 526. The Kier molecular flexibility index (Phi) is 6.20. The van der Waals surface area contributed by atoms with Gasteiger partial charge in [-0.1, -0.05) is 24.8 Å². The van der Waals surface area contributed by atoms with Crippen molar-refractivity contribution in [3.05, 3.63) is 41.9 Å². The molecule has 0 spiro atoms. The van der Waals surface area contributed by atoms with Crippen LogP contribution in [0, 0.1) is 11.8 Å². The maximum Gasteiger partial charge on any atom is 0.330 e. The summed E-state index contributed by atoms with van der Waals surface area (Å²) in [6, 6.07) is 3.25. The highest BCUT2D eigenvalue weighted by Gasteiger charge is 2.08. The molecule has 0 aliphatic rings. The number of aliphatic hydroxyl groups excluding tert-OH is 1. The summed E-state index contributed by atoms with van der Waals surface area (Å²) < 4.78 is 9.78. The summed E-state index contributed by atoms with van der Waals surface area (Å²) in [5.74, 6) is 5.67. The molecule has 1 aromatic rings. The van der Waals surface area contributed by atoms with E-state index in [2.05, 4.69) is 16.6 Å². The van der Waals surface area contributed by atoms with Crippen LogP contribution in [0.5, 0.6) is 0 Å². The summed E-state index contributed by atoms with van der Waals surface area (Å²) in [6.07, 6.45) is 6.20. The van der Waals surface area contributed by atoms with Crippen molar-refractivity contribution in [2.75, 3.05) is 7.11 Å². The van der Waals surface area contributed by atoms with Crippen molar-refractivity contribution in [1.82, 2.24) is 0 Å². The Morgan fingerprint density at radius 2 is 2.37 bits per heavy atom. The summed E-state index contributed by atoms with van der Waals surface area (Å²) in [5.41, 5.74) is 0. The maximum atomic E-state index is 10.9. The Balaban J connectivity index is 2.67. The van der Waals surface area contributed by atoms with Gasteiger partial charge in [0.05, 0.1) is 7.11 Å². The van der Waals surface area contributed by atoms with Gasteiger partial charge in [0, 0.05) is 6.08 Å². The van der Waals surface area contributed by atoms with Crippen molar-refractivity contribution in [2.24, 2.45) is 0 Å². The quantitative estimate of drug-likeness (QED) is 0.513. The second-order valence-corrected chi connectivity index (χ2v) is 3.60. The van der Waals surface area contributed by atoms with E-state index in [0.29, 0.717) is 11.5 Å². The van der Waals surface area contributed by atoms with E-state index in [4.69, 9.17) is 4.42 Å². The van der Waals surface area contributed by atoms with Crippen LogP contribution in [-0.4, -0.2) is 18.2 Å². The predicted molar refractivity (Wildman–Crippen MR) is 71.9 cm³/mol. The fraction of sp³-hybridized carbons (Fsp3) is 0.267. The van der Waals surface area contributed by atoms with E-state index >= 15 is 0 Å². The molecule has 1 heterocycles. The SMILES string of the molecule is CCC=CC#CC(O)c1ccc(C=CC(=O)OC)o1. The molecule has 19 heavy (non-hydrogen) atoms. The van der Waals surface area contributed by atoms with Gasteiger partial charge in [0.15, 0.2) is 6.10 Å². The number of furan rings is 1. The van der Waals surface area contributed by atoms with Crippen LogP contribution in [0.3, 0.4) is 0 Å². The molecule has 0 aliphatic carbocycles. The van der Waals surface area contributed by atoms with Crippen molar-refractivity contribution in [1.29, 1.82) is 0 Å². The number of methoxy groups -OCH3 is 1. The Morgan fingerprint density at radius 1 is 1.58 bits per heavy atom. The second kappa shape index (κ2) is 7.96. The lowest BCUT2D eigenvalue weighted by molar-refractivity contribution is -0.134. The number of carbonyl (C=O) groups is 1. The summed E-state index contributed by atoms with van der Waals surface area (Å²) in [7, 11) is 1.30. The highest BCUT2D eigenvalue weighted by atomic mass is 16.5. The van der Waals surface area contributed by atoms with E-state index in [1.165, 1.54) is 19.3 Å². The molecule has 1 unspecified atom stereocenters. The average molecular weight is 260 g/mol. The van der Waals surface area contributed by atoms with E-state index < -0.39 is 12.1 Å². The number of rotatable bonds is 4. The smallest absolute Gasteiger partial charge is 0.330 e. The zero-order valence-corrected chi connectivity index (χ0v) is 10.9. The van der Waals surface area contributed by atoms with E-state index in [1.54, 1.807) is 18.2 Å². The van der Waals surface area contributed by atoms with Crippen LogP contribution in [0.1, 0.15) is 31.0 Å². The Hall–Kier alpha value is -2.25. The molecule has 0 fully saturated rings. The minimum absolute atomic E-state index is 0.335. The minimum Gasteiger partial charge on any atom is -0.466 e. The van der Waals surface area contributed by atoms with Gasteiger partial charge in [-0.25, -0.2) is 4.79 Å². The van der Waals surface area contributed by atoms with Crippen molar-refractivity contribution >= 4 is 12.0 Å². The lowest BCUT2D eigenvalue weighted by Gasteiger charge is -1.96. The van der Waals surface area contributed by atoms with E-state index in [0.717, 1.165) is 6.42 Å². The third-order valence-electron chi connectivity index (χ3n) is 2.16. The van der Waals surface area contributed by atoms with Gasteiger partial charge >= 0.3 is 5.97 Å². The Labute approximate surface area is 112 Å². The van der Waals surface area contributed by atoms with Crippen LogP contribution >= 0.6 is 0 Å². The van der Waals surface area contributed by atoms with Gasteiger partial charge in [-0.05, 0) is 30.7 Å². The molecule has 4 nitrogen and oxygen atoms in total. The first kappa shape index (κ1) is 14.8. The molecule has 100 valence electrons. The highest BCUT2D eigenvalue weighted by molar-refractivity contribution is 5.86. The van der Waals surface area contributed by atoms with Crippen molar-refractivity contribution in [3.63, 3.8) is 0 Å². The zero-order chi connectivity index (χ0) is 14.1. The highest BCUT2D eigenvalue weighted by Crippen LogP contribution is 2.16. The first-order valence-corrected chi connectivity index (χ1v) is 5.87. The van der Waals surface area contributed by atoms with E-state index in [1.807, 2.05) is 13.0 Å². The molecule has 0 saturated carbocycles. The fourth-order valence-electron chi connectivity index (χ4n) is 1.20. The molecule has 0 aliphatic heterocycles. The summed E-state index contributed by atoms with van der Waals surface area (Å²) in [4.78, 5) is 10.9. The van der Waals surface area contributed by atoms with Crippen molar-refractivity contribution in [3.8, 4) is 11.8 Å². The molecule has 0 amide bonds. The number of hydrogen-bond acceptors (Lipinski definition) is 4. The van der Waals surface area contributed by atoms with Crippen LogP contribution < -0.4 is 0 Å². The number of ether oxygens (including phenoxy) is 1. The largest absolute Gasteiger partial charge is 0.466 e. The number of allylic oxidation sites excluding steroid dienone is 2. The minimum atomic E-state index is -0.984. The molecule has 1 atom stereocenters. The molecule has 0 bridgehead atoms. The second-order valence-electron chi connectivity index (χ2n) is 3.60. The van der Waals surface area contributed by atoms with Crippen LogP contribution in [0.15, 0.2) is 34.8 Å². The predicted octanol–water partition coefficient (Wildman–Crippen LogP) is 2.47. The molecular formula is C15H16O4. The molecule has 0 aromatic carbocycles. The molecule has 4 heteroatoms. The molecule has 1 rings (SSSR count).